The predicted octanol–water partition coefficient (Wildman–Crippen LogP) is 3.97. The molecule has 2 rings (SSSR count). The molecule has 0 aliphatic carbocycles. The van der Waals surface area contributed by atoms with Gasteiger partial charge in [-0.2, -0.15) is 0 Å². The first-order valence-electron chi connectivity index (χ1n) is 6.39. The van der Waals surface area contributed by atoms with E-state index < -0.39 is 0 Å². The molecule has 0 aliphatic rings. The van der Waals surface area contributed by atoms with Gasteiger partial charge in [0.1, 0.15) is 0 Å². The van der Waals surface area contributed by atoms with Crippen molar-refractivity contribution in [2.24, 2.45) is 5.73 Å². The molecule has 0 saturated carbocycles. The summed E-state index contributed by atoms with van der Waals surface area (Å²) in [5.74, 6) is 0. The Balaban J connectivity index is 2.42. The van der Waals surface area contributed by atoms with Gasteiger partial charge in [-0.1, -0.05) is 42.0 Å². The molecule has 0 spiro atoms. The molecule has 0 fully saturated rings. The summed E-state index contributed by atoms with van der Waals surface area (Å²) >= 11 is 0. The molecule has 0 bridgehead atoms. The summed E-state index contributed by atoms with van der Waals surface area (Å²) in [6.45, 7) is 8.51. The maximum atomic E-state index is 6.39. The zero-order chi connectivity index (χ0) is 13.3. The topological polar surface area (TPSA) is 26.0 Å². The van der Waals surface area contributed by atoms with E-state index in [4.69, 9.17) is 5.73 Å². The van der Waals surface area contributed by atoms with Crippen LogP contribution in [0.1, 0.15) is 39.4 Å². The lowest BCUT2D eigenvalue weighted by atomic mass is 9.92. The Morgan fingerprint density at radius 2 is 1.33 bits per heavy atom. The van der Waals surface area contributed by atoms with Crippen molar-refractivity contribution in [3.63, 3.8) is 0 Å². The molecule has 94 valence electrons. The van der Waals surface area contributed by atoms with Crippen LogP contribution in [-0.4, -0.2) is 0 Å². The van der Waals surface area contributed by atoms with Crippen molar-refractivity contribution in [3.05, 3.63) is 69.8 Å². The van der Waals surface area contributed by atoms with Gasteiger partial charge in [-0.05, 0) is 55.5 Å². The Hall–Kier alpha value is -1.60. The first kappa shape index (κ1) is 12.8. The number of benzene rings is 2. The van der Waals surface area contributed by atoms with E-state index in [2.05, 4.69) is 64.1 Å². The summed E-state index contributed by atoms with van der Waals surface area (Å²) in [7, 11) is 0. The number of aryl methyl sites for hydroxylation is 4. The fourth-order valence-electron chi connectivity index (χ4n) is 2.27. The highest BCUT2D eigenvalue weighted by Gasteiger charge is 2.12. The van der Waals surface area contributed by atoms with Gasteiger partial charge >= 0.3 is 0 Å². The molecule has 18 heavy (non-hydrogen) atoms. The number of hydrogen-bond acceptors (Lipinski definition) is 1. The third kappa shape index (κ3) is 2.46. The summed E-state index contributed by atoms with van der Waals surface area (Å²) < 4.78 is 0. The smallest absolute Gasteiger partial charge is 0.0554 e. The highest BCUT2D eigenvalue weighted by molar-refractivity contribution is 5.42. The zero-order valence-electron chi connectivity index (χ0n) is 11.6. The normalized spacial score (nSPS) is 12.5. The summed E-state index contributed by atoms with van der Waals surface area (Å²) in [5, 5.41) is 0. The van der Waals surface area contributed by atoms with E-state index in [1.807, 2.05) is 0 Å². The van der Waals surface area contributed by atoms with E-state index in [-0.39, 0.29) is 6.04 Å². The van der Waals surface area contributed by atoms with Crippen LogP contribution in [0.4, 0.5) is 0 Å². The lowest BCUT2D eigenvalue weighted by Crippen LogP contribution is -2.13. The minimum absolute atomic E-state index is 0.0371. The van der Waals surface area contributed by atoms with Gasteiger partial charge in [0.2, 0.25) is 0 Å². The largest absolute Gasteiger partial charge is 0.320 e. The number of nitrogens with two attached hydrogens (primary N) is 1. The van der Waals surface area contributed by atoms with Crippen LogP contribution in [-0.2, 0) is 0 Å². The molecule has 1 atom stereocenters. The lowest BCUT2D eigenvalue weighted by molar-refractivity contribution is 0.858. The molecule has 1 nitrogen and oxygen atoms in total. The summed E-state index contributed by atoms with van der Waals surface area (Å²) in [5.41, 5.74) is 13.9. The molecule has 0 radical (unpaired) electrons. The second kappa shape index (κ2) is 4.95. The molecular formula is C17H21N. The summed E-state index contributed by atoms with van der Waals surface area (Å²) in [6.07, 6.45) is 0. The Bertz CT molecular complexity index is 553. The average molecular weight is 239 g/mol. The van der Waals surface area contributed by atoms with Crippen LogP contribution < -0.4 is 5.73 Å². The van der Waals surface area contributed by atoms with E-state index in [1.54, 1.807) is 0 Å². The van der Waals surface area contributed by atoms with Gasteiger partial charge in [0.15, 0.2) is 0 Å². The molecule has 2 N–H and O–H groups in total. The first-order valence-corrected chi connectivity index (χ1v) is 6.39. The standard InChI is InChI=1S/C17H21N/c1-11-5-7-15(8-6-11)17(18)16-10-13(3)12(2)9-14(16)4/h5-10,17H,18H2,1-4H3. The number of hydrogen-bond donors (Lipinski definition) is 1. The SMILES string of the molecule is Cc1ccc(C(N)c2cc(C)c(C)cc2C)cc1. The van der Waals surface area contributed by atoms with Crippen LogP contribution in [0.15, 0.2) is 36.4 Å². The molecule has 0 amide bonds. The maximum Gasteiger partial charge on any atom is 0.0554 e. The quantitative estimate of drug-likeness (QED) is 0.843. The first-order chi connectivity index (χ1) is 8.49. The average Bonchev–Trinajstić information content (AvgIpc) is 2.34. The Labute approximate surface area is 110 Å². The Morgan fingerprint density at radius 1 is 0.778 bits per heavy atom. The van der Waals surface area contributed by atoms with Gasteiger partial charge in [-0.15, -0.1) is 0 Å². The minimum Gasteiger partial charge on any atom is -0.320 e. The van der Waals surface area contributed by atoms with E-state index in [9.17, 15) is 0 Å². The fraction of sp³-hybridized carbons (Fsp3) is 0.294. The van der Waals surface area contributed by atoms with Gasteiger partial charge in [-0.3, -0.25) is 0 Å². The summed E-state index contributed by atoms with van der Waals surface area (Å²) in [4.78, 5) is 0. The van der Waals surface area contributed by atoms with Crippen LogP contribution >= 0.6 is 0 Å². The van der Waals surface area contributed by atoms with Crippen molar-refractivity contribution in [3.8, 4) is 0 Å². The van der Waals surface area contributed by atoms with Crippen molar-refractivity contribution in [2.75, 3.05) is 0 Å². The lowest BCUT2D eigenvalue weighted by Gasteiger charge is -2.17. The Kier molecular flexibility index (Phi) is 3.53. The van der Waals surface area contributed by atoms with E-state index >= 15 is 0 Å². The van der Waals surface area contributed by atoms with Gasteiger partial charge in [-0.25, -0.2) is 0 Å². The van der Waals surface area contributed by atoms with Crippen LogP contribution in [0.5, 0.6) is 0 Å². The molecule has 0 aliphatic heterocycles. The molecule has 2 aromatic carbocycles. The van der Waals surface area contributed by atoms with Gasteiger partial charge in [0.25, 0.3) is 0 Å². The van der Waals surface area contributed by atoms with Crippen LogP contribution in [0, 0.1) is 27.7 Å². The van der Waals surface area contributed by atoms with Gasteiger partial charge < -0.3 is 5.73 Å². The molecule has 0 saturated heterocycles. The monoisotopic (exact) mass is 239 g/mol. The van der Waals surface area contributed by atoms with E-state index in [1.165, 1.54) is 33.4 Å². The van der Waals surface area contributed by atoms with Crippen molar-refractivity contribution in [1.29, 1.82) is 0 Å². The van der Waals surface area contributed by atoms with Crippen LogP contribution in [0.2, 0.25) is 0 Å². The van der Waals surface area contributed by atoms with E-state index in [0.717, 1.165) is 0 Å². The van der Waals surface area contributed by atoms with Crippen molar-refractivity contribution < 1.29 is 0 Å². The van der Waals surface area contributed by atoms with Crippen molar-refractivity contribution in [1.82, 2.24) is 0 Å². The fourth-order valence-corrected chi connectivity index (χ4v) is 2.27. The van der Waals surface area contributed by atoms with Crippen LogP contribution in [0.25, 0.3) is 0 Å². The second-order valence-electron chi connectivity index (χ2n) is 5.18. The molecule has 0 heterocycles. The molecular weight excluding hydrogens is 218 g/mol. The maximum absolute atomic E-state index is 6.39. The van der Waals surface area contributed by atoms with Crippen molar-refractivity contribution in [2.45, 2.75) is 33.7 Å². The van der Waals surface area contributed by atoms with Crippen LogP contribution in [0.3, 0.4) is 0 Å². The highest BCUT2D eigenvalue weighted by Crippen LogP contribution is 2.25. The van der Waals surface area contributed by atoms with Gasteiger partial charge in [0, 0.05) is 0 Å². The molecule has 1 heteroatoms. The summed E-state index contributed by atoms with van der Waals surface area (Å²) in [6, 6.07) is 12.9. The molecule has 1 unspecified atom stereocenters. The highest BCUT2D eigenvalue weighted by atomic mass is 14.6. The predicted molar refractivity (Wildman–Crippen MR) is 77.9 cm³/mol. The van der Waals surface area contributed by atoms with Crippen molar-refractivity contribution >= 4 is 0 Å². The minimum atomic E-state index is -0.0371. The second-order valence-corrected chi connectivity index (χ2v) is 5.18. The third-order valence-corrected chi connectivity index (χ3v) is 3.65. The zero-order valence-corrected chi connectivity index (χ0v) is 11.6. The number of rotatable bonds is 2. The third-order valence-electron chi connectivity index (χ3n) is 3.65. The van der Waals surface area contributed by atoms with E-state index in [0.29, 0.717) is 0 Å². The van der Waals surface area contributed by atoms with Gasteiger partial charge in [0.05, 0.1) is 6.04 Å². The Morgan fingerprint density at radius 3 is 1.94 bits per heavy atom. The molecule has 0 aromatic heterocycles. The molecule has 2 aromatic rings.